The first-order chi connectivity index (χ1) is 7.66. The third-order valence-corrected chi connectivity index (χ3v) is 1.39. The quantitative estimate of drug-likeness (QED) is 0.597. The zero-order chi connectivity index (χ0) is 13.5. The average Bonchev–Trinajstić information content (AvgIpc) is 2.13. The van der Waals surface area contributed by atoms with Gasteiger partial charge in [0.25, 0.3) is 5.92 Å². The Morgan fingerprint density at radius 3 is 2.47 bits per heavy atom. The first-order valence-corrected chi connectivity index (χ1v) is 5.02. The molecule has 0 aliphatic heterocycles. The molecule has 1 N–H and O–H groups in total. The molecule has 98 valence electrons. The smallest absolute Gasteiger partial charge is 0.407 e. The Morgan fingerprint density at radius 2 is 2.00 bits per heavy atom. The number of hydrogen-bond donors (Lipinski definition) is 1. The summed E-state index contributed by atoms with van der Waals surface area (Å²) in [6.07, 6.45) is 3.95. The molecular formula is C11H17F2NO3. The van der Waals surface area contributed by atoms with Gasteiger partial charge in [-0.15, -0.1) is 6.42 Å². The van der Waals surface area contributed by atoms with Crippen molar-refractivity contribution < 1.29 is 23.0 Å². The minimum absolute atomic E-state index is 0.192. The second kappa shape index (κ2) is 6.40. The number of nitrogens with one attached hydrogen (secondary N) is 1. The monoisotopic (exact) mass is 249 g/mol. The molecule has 0 aromatic heterocycles. The van der Waals surface area contributed by atoms with Gasteiger partial charge in [0.15, 0.2) is 0 Å². The van der Waals surface area contributed by atoms with Crippen molar-refractivity contribution in [2.45, 2.75) is 32.3 Å². The molecule has 0 aromatic rings. The predicted octanol–water partition coefficient (Wildman–Crippen LogP) is 1.80. The van der Waals surface area contributed by atoms with E-state index in [1.807, 2.05) is 5.32 Å². The van der Waals surface area contributed by atoms with Gasteiger partial charge < -0.3 is 14.8 Å². The van der Waals surface area contributed by atoms with Crippen molar-refractivity contribution in [3.8, 4) is 12.3 Å². The fraction of sp³-hybridized carbons (Fsp3) is 0.727. The molecule has 0 spiro atoms. The van der Waals surface area contributed by atoms with Crippen LogP contribution in [-0.2, 0) is 9.47 Å². The van der Waals surface area contributed by atoms with E-state index in [0.29, 0.717) is 0 Å². The van der Waals surface area contributed by atoms with Crippen LogP contribution < -0.4 is 5.32 Å². The van der Waals surface area contributed by atoms with E-state index in [0.717, 1.165) is 0 Å². The Bertz CT molecular complexity index is 292. The van der Waals surface area contributed by atoms with E-state index in [2.05, 4.69) is 10.7 Å². The molecule has 1 amide bonds. The van der Waals surface area contributed by atoms with Gasteiger partial charge in [-0.05, 0) is 20.8 Å². The number of alkyl halides is 2. The van der Waals surface area contributed by atoms with Gasteiger partial charge in [0, 0.05) is 0 Å². The minimum atomic E-state index is -3.17. The molecule has 0 aromatic carbocycles. The lowest BCUT2D eigenvalue weighted by molar-refractivity contribution is -0.0687. The van der Waals surface area contributed by atoms with Gasteiger partial charge in [0.2, 0.25) is 0 Å². The summed E-state index contributed by atoms with van der Waals surface area (Å²) < 4.78 is 35.5. The molecule has 0 fully saturated rings. The number of rotatable bonds is 5. The van der Waals surface area contributed by atoms with Gasteiger partial charge in [-0.1, -0.05) is 5.92 Å². The van der Waals surface area contributed by atoms with E-state index in [-0.39, 0.29) is 6.61 Å². The number of carbonyl (C=O) groups excluding carboxylic acids is 1. The number of terminal acetylenes is 1. The van der Waals surface area contributed by atoms with Crippen LogP contribution in [0.4, 0.5) is 13.6 Å². The van der Waals surface area contributed by atoms with Crippen molar-refractivity contribution in [2.75, 3.05) is 19.8 Å². The molecule has 0 aliphatic rings. The Hall–Kier alpha value is -1.35. The molecule has 0 bridgehead atoms. The SMILES string of the molecule is C#CCOCC(F)(F)CNC(=O)OC(C)(C)C. The van der Waals surface area contributed by atoms with Gasteiger partial charge in [-0.2, -0.15) is 0 Å². The zero-order valence-corrected chi connectivity index (χ0v) is 10.2. The fourth-order valence-electron chi connectivity index (χ4n) is 0.826. The summed E-state index contributed by atoms with van der Waals surface area (Å²) in [5.74, 6) is -1.10. The Morgan fingerprint density at radius 1 is 1.41 bits per heavy atom. The predicted molar refractivity (Wildman–Crippen MR) is 58.8 cm³/mol. The molecule has 0 saturated carbocycles. The zero-order valence-electron chi connectivity index (χ0n) is 10.2. The molecule has 0 aliphatic carbocycles. The minimum Gasteiger partial charge on any atom is -0.444 e. The van der Waals surface area contributed by atoms with Gasteiger partial charge in [-0.25, -0.2) is 13.6 Å². The number of ether oxygens (including phenoxy) is 2. The second-order valence-electron chi connectivity index (χ2n) is 4.41. The van der Waals surface area contributed by atoms with Crippen LogP contribution in [0, 0.1) is 12.3 Å². The van der Waals surface area contributed by atoms with Crippen LogP contribution in [0.5, 0.6) is 0 Å². The molecule has 0 heterocycles. The second-order valence-corrected chi connectivity index (χ2v) is 4.41. The molecule has 4 nitrogen and oxygen atoms in total. The van der Waals surface area contributed by atoms with Crippen LogP contribution in [0.15, 0.2) is 0 Å². The molecule has 6 heteroatoms. The van der Waals surface area contributed by atoms with E-state index in [4.69, 9.17) is 11.2 Å². The van der Waals surface area contributed by atoms with Crippen LogP contribution in [0.25, 0.3) is 0 Å². The summed E-state index contributed by atoms with van der Waals surface area (Å²) in [4.78, 5) is 11.1. The van der Waals surface area contributed by atoms with Gasteiger partial charge in [-0.3, -0.25) is 0 Å². The molecule has 17 heavy (non-hydrogen) atoms. The lowest BCUT2D eigenvalue weighted by atomic mass is 10.2. The molecule has 0 saturated heterocycles. The van der Waals surface area contributed by atoms with Crippen molar-refractivity contribution in [3.05, 3.63) is 0 Å². The number of amides is 1. The molecule has 0 unspecified atom stereocenters. The average molecular weight is 249 g/mol. The summed E-state index contributed by atoms with van der Waals surface area (Å²) in [5, 5.41) is 1.96. The van der Waals surface area contributed by atoms with E-state index < -0.39 is 30.8 Å². The Kier molecular flexibility index (Phi) is 5.89. The number of carbonyl (C=O) groups is 1. The van der Waals surface area contributed by atoms with Crippen molar-refractivity contribution in [3.63, 3.8) is 0 Å². The summed E-state index contributed by atoms with van der Waals surface area (Å²) >= 11 is 0. The van der Waals surface area contributed by atoms with E-state index in [1.54, 1.807) is 20.8 Å². The standard InChI is InChI=1S/C11H17F2NO3/c1-5-6-16-8-11(12,13)7-14-9(15)17-10(2,3)4/h1H,6-8H2,2-4H3,(H,14,15). The van der Waals surface area contributed by atoms with E-state index in [9.17, 15) is 13.6 Å². The normalized spacial score (nSPS) is 11.8. The first kappa shape index (κ1) is 15.7. The molecule has 0 atom stereocenters. The molecular weight excluding hydrogens is 232 g/mol. The van der Waals surface area contributed by atoms with Crippen molar-refractivity contribution in [1.29, 1.82) is 0 Å². The van der Waals surface area contributed by atoms with Crippen LogP contribution in [0.2, 0.25) is 0 Å². The maximum atomic E-state index is 13.1. The third-order valence-electron chi connectivity index (χ3n) is 1.39. The van der Waals surface area contributed by atoms with Crippen molar-refractivity contribution in [2.24, 2.45) is 0 Å². The highest BCUT2D eigenvalue weighted by Crippen LogP contribution is 2.13. The van der Waals surface area contributed by atoms with Gasteiger partial charge in [0.05, 0.1) is 6.54 Å². The fourth-order valence-corrected chi connectivity index (χ4v) is 0.826. The lowest BCUT2D eigenvalue weighted by Crippen LogP contribution is -2.42. The van der Waals surface area contributed by atoms with Crippen LogP contribution >= 0.6 is 0 Å². The topological polar surface area (TPSA) is 47.6 Å². The Labute approximate surface area is 99.7 Å². The van der Waals surface area contributed by atoms with Crippen LogP contribution in [0.1, 0.15) is 20.8 Å². The molecule has 0 radical (unpaired) electrons. The van der Waals surface area contributed by atoms with Gasteiger partial charge >= 0.3 is 6.09 Å². The maximum absolute atomic E-state index is 13.1. The highest BCUT2D eigenvalue weighted by molar-refractivity contribution is 5.67. The van der Waals surface area contributed by atoms with Gasteiger partial charge in [0.1, 0.15) is 18.8 Å². The highest BCUT2D eigenvalue weighted by atomic mass is 19.3. The number of hydrogen-bond acceptors (Lipinski definition) is 3. The van der Waals surface area contributed by atoms with Crippen molar-refractivity contribution in [1.82, 2.24) is 5.32 Å². The maximum Gasteiger partial charge on any atom is 0.407 e. The number of halogens is 2. The van der Waals surface area contributed by atoms with Crippen LogP contribution in [0.3, 0.4) is 0 Å². The summed E-state index contributed by atoms with van der Waals surface area (Å²) in [5.41, 5.74) is -0.723. The van der Waals surface area contributed by atoms with Crippen molar-refractivity contribution >= 4 is 6.09 Å². The highest BCUT2D eigenvalue weighted by Gasteiger charge is 2.30. The van der Waals surface area contributed by atoms with E-state index >= 15 is 0 Å². The Balaban J connectivity index is 3.93. The van der Waals surface area contributed by atoms with Crippen LogP contribution in [-0.4, -0.2) is 37.4 Å². The number of alkyl carbamates (subject to hydrolysis) is 1. The summed E-state index contributed by atoms with van der Waals surface area (Å²) in [7, 11) is 0. The third kappa shape index (κ3) is 9.57. The lowest BCUT2D eigenvalue weighted by Gasteiger charge is -2.21. The summed E-state index contributed by atoms with van der Waals surface area (Å²) in [6.45, 7) is 3.03. The first-order valence-electron chi connectivity index (χ1n) is 5.02. The largest absolute Gasteiger partial charge is 0.444 e. The van der Waals surface area contributed by atoms with E-state index in [1.165, 1.54) is 0 Å². The molecule has 0 rings (SSSR count). The summed E-state index contributed by atoms with van der Waals surface area (Å²) in [6, 6.07) is 0.